The molecule has 3 unspecified atom stereocenters. The lowest BCUT2D eigenvalue weighted by Gasteiger charge is -2.39. The fraction of sp³-hybridized carbons (Fsp3) is 0.684. The summed E-state index contributed by atoms with van der Waals surface area (Å²) in [6.45, 7) is 1.39. The number of hydrogen-bond acceptors (Lipinski definition) is 4. The summed E-state index contributed by atoms with van der Waals surface area (Å²) in [5.41, 5.74) is 0. The number of rotatable bonds is 3. The molecule has 4 heterocycles. The van der Waals surface area contributed by atoms with Crippen molar-refractivity contribution in [2.24, 2.45) is 5.92 Å². The Hall–Kier alpha value is -1.40. The second kappa shape index (κ2) is 7.31. The maximum Gasteiger partial charge on any atom is 0.223 e. The minimum absolute atomic E-state index is 0.195. The molecule has 3 fully saturated rings. The van der Waals surface area contributed by atoms with E-state index >= 15 is 0 Å². The van der Waals surface area contributed by atoms with Crippen LogP contribution in [-0.2, 0) is 4.79 Å². The number of anilines is 1. The number of aliphatic hydroxyl groups excluding tert-OH is 1. The van der Waals surface area contributed by atoms with Crippen LogP contribution in [0.2, 0.25) is 5.02 Å². The molecule has 7 heteroatoms. The van der Waals surface area contributed by atoms with E-state index in [-0.39, 0.29) is 35.0 Å². The molecular weight excluding hydrogens is 357 g/mol. The van der Waals surface area contributed by atoms with Crippen LogP contribution in [0.4, 0.5) is 10.2 Å². The summed E-state index contributed by atoms with van der Waals surface area (Å²) >= 11 is 5.79. The monoisotopic (exact) mass is 381 g/mol. The van der Waals surface area contributed by atoms with Crippen molar-refractivity contribution < 1.29 is 14.3 Å². The van der Waals surface area contributed by atoms with Crippen LogP contribution in [0, 0.1) is 11.7 Å². The van der Waals surface area contributed by atoms with Gasteiger partial charge in [-0.3, -0.25) is 4.79 Å². The molecular formula is C19H25ClFN3O2. The van der Waals surface area contributed by atoms with Gasteiger partial charge in [0.05, 0.1) is 11.1 Å². The Morgan fingerprint density at radius 1 is 1.31 bits per heavy atom. The van der Waals surface area contributed by atoms with Crippen LogP contribution < -0.4 is 4.90 Å². The minimum atomic E-state index is -0.410. The standard InChI is InChI=1S/C19H25ClFN3O2/c20-13-7-17(21)19(22-10-13)23-5-1-2-12(11-23)6-18(26)24-14-3-4-15(24)9-16(25)8-14/h7,10,12,14-16,25H,1-6,8-9,11H2. The average Bonchev–Trinajstić information content (AvgIpc) is 2.87. The number of carbonyl (C=O) groups is 1. The number of hydrogen-bond donors (Lipinski definition) is 1. The maximum absolute atomic E-state index is 14.2. The van der Waals surface area contributed by atoms with E-state index in [0.29, 0.717) is 31.6 Å². The van der Waals surface area contributed by atoms with Gasteiger partial charge in [0.1, 0.15) is 0 Å². The van der Waals surface area contributed by atoms with Crippen LogP contribution in [0.3, 0.4) is 0 Å². The van der Waals surface area contributed by atoms with E-state index in [9.17, 15) is 14.3 Å². The van der Waals surface area contributed by atoms with E-state index in [0.717, 1.165) is 32.2 Å². The highest BCUT2D eigenvalue weighted by Crippen LogP contribution is 2.37. The Kier molecular flexibility index (Phi) is 5.06. The highest BCUT2D eigenvalue weighted by atomic mass is 35.5. The molecule has 3 aliphatic rings. The molecule has 26 heavy (non-hydrogen) atoms. The highest BCUT2D eigenvalue weighted by Gasteiger charge is 2.43. The third kappa shape index (κ3) is 3.54. The molecule has 2 bridgehead atoms. The fourth-order valence-corrected chi connectivity index (χ4v) is 5.12. The molecule has 0 aromatic carbocycles. The Bertz CT molecular complexity index is 675. The summed E-state index contributed by atoms with van der Waals surface area (Å²) in [7, 11) is 0. The lowest BCUT2D eigenvalue weighted by molar-refractivity contribution is -0.138. The first kappa shape index (κ1) is 18.0. The average molecular weight is 382 g/mol. The summed E-state index contributed by atoms with van der Waals surface area (Å²) in [4.78, 5) is 21.0. The molecule has 1 N–H and O–H groups in total. The predicted molar refractivity (Wildman–Crippen MR) is 97.7 cm³/mol. The molecule has 1 amide bonds. The van der Waals surface area contributed by atoms with Crippen LogP contribution in [0.15, 0.2) is 12.3 Å². The number of pyridine rings is 1. The molecule has 5 nitrogen and oxygen atoms in total. The largest absolute Gasteiger partial charge is 0.393 e. The van der Waals surface area contributed by atoms with Crippen molar-refractivity contribution in [1.82, 2.24) is 9.88 Å². The topological polar surface area (TPSA) is 56.7 Å². The minimum Gasteiger partial charge on any atom is -0.393 e. The molecule has 142 valence electrons. The highest BCUT2D eigenvalue weighted by molar-refractivity contribution is 6.30. The molecule has 1 aromatic heterocycles. The number of piperidine rings is 2. The number of halogens is 2. The molecule has 4 rings (SSSR count). The number of aromatic nitrogens is 1. The lowest BCUT2D eigenvalue weighted by atomic mass is 9.92. The number of nitrogens with zero attached hydrogens (tertiary/aromatic N) is 3. The smallest absolute Gasteiger partial charge is 0.223 e. The second-order valence-corrected chi connectivity index (χ2v) is 8.37. The van der Waals surface area contributed by atoms with Gasteiger partial charge in [0.15, 0.2) is 11.6 Å². The Morgan fingerprint density at radius 2 is 2.04 bits per heavy atom. The summed E-state index contributed by atoms with van der Waals surface area (Å²) in [5.74, 6) is 0.320. The van der Waals surface area contributed by atoms with Gasteiger partial charge < -0.3 is 14.9 Å². The van der Waals surface area contributed by atoms with Gasteiger partial charge in [0, 0.05) is 37.8 Å². The lowest BCUT2D eigenvalue weighted by Crippen LogP contribution is -2.49. The second-order valence-electron chi connectivity index (χ2n) is 7.93. The zero-order valence-corrected chi connectivity index (χ0v) is 15.5. The summed E-state index contributed by atoms with van der Waals surface area (Å²) in [5, 5.41) is 10.2. The van der Waals surface area contributed by atoms with E-state index in [1.165, 1.54) is 12.3 Å². The normalized spacial score (nSPS) is 31.3. The van der Waals surface area contributed by atoms with Crippen LogP contribution in [0.1, 0.15) is 44.9 Å². The SMILES string of the molecule is O=C(CC1CCCN(c2ncc(Cl)cc2F)C1)N1C2CCC1CC(O)C2. The first-order valence-electron chi connectivity index (χ1n) is 9.56. The molecule has 0 saturated carbocycles. The van der Waals surface area contributed by atoms with Gasteiger partial charge in [-0.1, -0.05) is 11.6 Å². The van der Waals surface area contributed by atoms with Crippen LogP contribution in [-0.4, -0.2) is 52.2 Å². The third-order valence-corrected chi connectivity index (χ3v) is 6.27. The molecule has 0 spiro atoms. The molecule has 3 atom stereocenters. The first-order valence-corrected chi connectivity index (χ1v) is 9.94. The van der Waals surface area contributed by atoms with E-state index in [1.807, 2.05) is 9.80 Å². The van der Waals surface area contributed by atoms with Crippen molar-refractivity contribution in [3.05, 3.63) is 23.1 Å². The number of carbonyl (C=O) groups excluding carboxylic acids is 1. The maximum atomic E-state index is 14.2. The zero-order chi connectivity index (χ0) is 18.3. The Labute approximate surface area is 158 Å². The van der Waals surface area contributed by atoms with Crippen molar-refractivity contribution in [3.63, 3.8) is 0 Å². The van der Waals surface area contributed by atoms with E-state index < -0.39 is 5.82 Å². The molecule has 3 saturated heterocycles. The van der Waals surface area contributed by atoms with Gasteiger partial charge in [-0.2, -0.15) is 0 Å². The van der Waals surface area contributed by atoms with Crippen molar-refractivity contribution in [2.75, 3.05) is 18.0 Å². The first-order chi connectivity index (χ1) is 12.5. The van der Waals surface area contributed by atoms with Crippen LogP contribution in [0.5, 0.6) is 0 Å². The number of amides is 1. The summed E-state index contributed by atoms with van der Waals surface area (Å²) in [6, 6.07) is 1.69. The van der Waals surface area contributed by atoms with Crippen molar-refractivity contribution in [1.29, 1.82) is 0 Å². The van der Waals surface area contributed by atoms with Crippen molar-refractivity contribution in [2.45, 2.75) is 63.1 Å². The van der Waals surface area contributed by atoms with Crippen LogP contribution in [0.25, 0.3) is 0 Å². The molecule has 0 aliphatic carbocycles. The van der Waals surface area contributed by atoms with Gasteiger partial charge in [0.2, 0.25) is 5.91 Å². The van der Waals surface area contributed by atoms with E-state index in [2.05, 4.69) is 4.98 Å². The quantitative estimate of drug-likeness (QED) is 0.874. The van der Waals surface area contributed by atoms with Gasteiger partial charge >= 0.3 is 0 Å². The van der Waals surface area contributed by atoms with Gasteiger partial charge in [0.25, 0.3) is 0 Å². The summed E-state index contributed by atoms with van der Waals surface area (Å²) < 4.78 is 14.2. The van der Waals surface area contributed by atoms with E-state index in [4.69, 9.17) is 11.6 Å². The molecule has 0 radical (unpaired) electrons. The van der Waals surface area contributed by atoms with Gasteiger partial charge in [-0.05, 0) is 50.5 Å². The summed E-state index contributed by atoms with van der Waals surface area (Å²) in [6.07, 6.45) is 7.02. The third-order valence-electron chi connectivity index (χ3n) is 6.07. The number of fused-ring (bicyclic) bond motifs is 2. The fourth-order valence-electron chi connectivity index (χ4n) is 4.97. The van der Waals surface area contributed by atoms with Crippen LogP contribution >= 0.6 is 11.6 Å². The predicted octanol–water partition coefficient (Wildman–Crippen LogP) is 2.99. The van der Waals surface area contributed by atoms with Crippen molar-refractivity contribution in [3.8, 4) is 0 Å². The Balaban J connectivity index is 1.40. The number of aliphatic hydroxyl groups is 1. The van der Waals surface area contributed by atoms with Gasteiger partial charge in [-0.15, -0.1) is 0 Å². The molecule has 1 aromatic rings. The van der Waals surface area contributed by atoms with Gasteiger partial charge in [-0.25, -0.2) is 9.37 Å². The zero-order valence-electron chi connectivity index (χ0n) is 14.8. The Morgan fingerprint density at radius 3 is 2.73 bits per heavy atom. The molecule has 3 aliphatic heterocycles. The van der Waals surface area contributed by atoms with E-state index in [1.54, 1.807) is 0 Å². The van der Waals surface area contributed by atoms with Crippen molar-refractivity contribution >= 4 is 23.3 Å².